The van der Waals surface area contributed by atoms with Gasteiger partial charge in [0, 0.05) is 37.8 Å². The van der Waals surface area contributed by atoms with Gasteiger partial charge in [0.1, 0.15) is 5.82 Å². The summed E-state index contributed by atoms with van der Waals surface area (Å²) in [4.78, 5) is 36.0. The van der Waals surface area contributed by atoms with Crippen LogP contribution in [0.1, 0.15) is 70.8 Å². The highest BCUT2D eigenvalue weighted by Gasteiger charge is 2.42. The number of Topliss-reactive ketones (excluding diaryl/α,β-unsaturated/α-hetero) is 1. The number of hydrogen-bond donors (Lipinski definition) is 1. The van der Waals surface area contributed by atoms with Crippen LogP contribution in [0.5, 0.6) is 0 Å². The van der Waals surface area contributed by atoms with E-state index in [1.807, 2.05) is 48.2 Å². The zero-order valence-corrected chi connectivity index (χ0v) is 23.8. The van der Waals surface area contributed by atoms with Crippen LogP contribution >= 0.6 is 0 Å². The summed E-state index contributed by atoms with van der Waals surface area (Å²) in [6, 6.07) is 19.7. The quantitative estimate of drug-likeness (QED) is 0.354. The van der Waals surface area contributed by atoms with E-state index in [0.717, 1.165) is 35.5 Å². The topological polar surface area (TPSA) is 84.5 Å². The number of nitrogens with zero attached hydrogens (tertiary/aromatic N) is 4. The molecule has 2 aromatic carbocycles. The second-order valence-electron chi connectivity index (χ2n) is 11.5. The predicted octanol–water partition coefficient (Wildman–Crippen LogP) is 5.90. The molecule has 4 rings (SSSR count). The van der Waals surface area contributed by atoms with Crippen molar-refractivity contribution in [2.45, 2.75) is 72.0 Å². The Labute approximate surface area is 233 Å². The van der Waals surface area contributed by atoms with Crippen LogP contribution < -0.4 is 5.73 Å². The molecule has 1 saturated heterocycles. The summed E-state index contributed by atoms with van der Waals surface area (Å²) in [5.41, 5.74) is 8.70. The van der Waals surface area contributed by atoms with Crippen molar-refractivity contribution >= 4 is 11.8 Å². The van der Waals surface area contributed by atoms with E-state index < -0.39 is 0 Å². The number of ketones is 1. The van der Waals surface area contributed by atoms with Crippen LogP contribution in [0.15, 0.2) is 66.9 Å². The molecule has 1 fully saturated rings. The van der Waals surface area contributed by atoms with Gasteiger partial charge in [0.2, 0.25) is 0 Å². The molecule has 0 spiro atoms. The zero-order valence-electron chi connectivity index (χ0n) is 23.8. The van der Waals surface area contributed by atoms with E-state index in [4.69, 9.17) is 10.7 Å². The molecule has 0 unspecified atom stereocenters. The first-order valence-corrected chi connectivity index (χ1v) is 14.2. The lowest BCUT2D eigenvalue weighted by Gasteiger charge is -2.42. The van der Waals surface area contributed by atoms with Crippen molar-refractivity contribution < 1.29 is 9.59 Å². The SMILES string of the molecule is CCC(=O)[C@@H]1CCCN1C(=O)N(CCCN)[C@@H](c1nc(-c2ccccc2)cn1Cc1ccccc1)C(C)(C)C. The van der Waals surface area contributed by atoms with E-state index in [1.54, 1.807) is 4.90 Å². The predicted molar refractivity (Wildman–Crippen MR) is 156 cm³/mol. The van der Waals surface area contributed by atoms with Gasteiger partial charge in [-0.2, -0.15) is 0 Å². The summed E-state index contributed by atoms with van der Waals surface area (Å²) < 4.78 is 2.19. The average Bonchev–Trinajstić information content (AvgIpc) is 3.58. The van der Waals surface area contributed by atoms with Gasteiger partial charge in [0.15, 0.2) is 5.78 Å². The number of carbonyl (C=O) groups excluding carboxylic acids is 2. The van der Waals surface area contributed by atoms with E-state index in [9.17, 15) is 9.59 Å². The summed E-state index contributed by atoms with van der Waals surface area (Å²) >= 11 is 0. The van der Waals surface area contributed by atoms with Gasteiger partial charge in [-0.25, -0.2) is 9.78 Å². The molecule has 2 N–H and O–H groups in total. The molecule has 7 nitrogen and oxygen atoms in total. The molecule has 2 atom stereocenters. The summed E-state index contributed by atoms with van der Waals surface area (Å²) in [6.45, 7) is 10.6. The second-order valence-corrected chi connectivity index (χ2v) is 11.5. The first-order chi connectivity index (χ1) is 18.7. The third-order valence-corrected chi connectivity index (χ3v) is 7.52. The van der Waals surface area contributed by atoms with Crippen molar-refractivity contribution in [2.75, 3.05) is 19.6 Å². The Bertz CT molecular complexity index is 1230. The summed E-state index contributed by atoms with van der Waals surface area (Å²) in [7, 11) is 0. The number of urea groups is 1. The molecule has 0 bridgehead atoms. The van der Waals surface area contributed by atoms with E-state index in [-0.39, 0.29) is 29.3 Å². The Hall–Kier alpha value is -3.45. The molecule has 2 amide bonds. The molecule has 0 radical (unpaired) electrons. The van der Waals surface area contributed by atoms with Gasteiger partial charge in [0.25, 0.3) is 0 Å². The maximum atomic E-state index is 14.3. The molecule has 208 valence electrons. The van der Waals surface area contributed by atoms with Crippen LogP contribution in [0, 0.1) is 5.41 Å². The van der Waals surface area contributed by atoms with Crippen LogP contribution in [0.3, 0.4) is 0 Å². The molecule has 1 aliphatic heterocycles. The molecule has 0 aliphatic carbocycles. The highest BCUT2D eigenvalue weighted by molar-refractivity contribution is 5.89. The molecule has 7 heteroatoms. The summed E-state index contributed by atoms with van der Waals surface area (Å²) in [5.74, 6) is 0.969. The smallest absolute Gasteiger partial charge is 0.321 e. The third kappa shape index (κ3) is 6.59. The maximum absolute atomic E-state index is 14.3. The monoisotopic (exact) mass is 529 g/mol. The van der Waals surface area contributed by atoms with Crippen molar-refractivity contribution in [1.82, 2.24) is 19.4 Å². The maximum Gasteiger partial charge on any atom is 0.321 e. The number of rotatable bonds is 10. The Morgan fingerprint density at radius 1 is 1.08 bits per heavy atom. The highest BCUT2D eigenvalue weighted by Crippen LogP contribution is 2.40. The minimum absolute atomic E-state index is 0.0943. The van der Waals surface area contributed by atoms with Gasteiger partial charge in [-0.1, -0.05) is 88.4 Å². The first kappa shape index (κ1) is 28.6. The standard InChI is InChI=1S/C32H43N5O2/c1-5-28(38)27-18-12-20-36(27)31(39)37(21-13-19-33)29(32(2,3)4)30-34-26(25-16-10-7-11-17-25)23-35(30)22-24-14-8-6-9-15-24/h6-11,14-17,23,27,29H,5,12-13,18-22,33H2,1-4H3/t27-,29-/m0/s1. The summed E-state index contributed by atoms with van der Waals surface area (Å²) in [6.07, 6.45) is 4.77. The Balaban J connectivity index is 1.82. The second kappa shape index (κ2) is 12.6. The Kier molecular flexibility index (Phi) is 9.23. The van der Waals surface area contributed by atoms with E-state index in [2.05, 4.69) is 55.8 Å². The number of carbonyl (C=O) groups is 2. The highest BCUT2D eigenvalue weighted by atomic mass is 16.2. The molecule has 1 aromatic heterocycles. The minimum Gasteiger partial charge on any atom is -0.330 e. The molecule has 2 heterocycles. The lowest BCUT2D eigenvalue weighted by atomic mass is 9.84. The lowest BCUT2D eigenvalue weighted by Crippen LogP contribution is -2.52. The normalized spacial score (nSPS) is 16.3. The van der Waals surface area contributed by atoms with E-state index in [0.29, 0.717) is 39.0 Å². The van der Waals surface area contributed by atoms with Crippen molar-refractivity contribution in [3.05, 3.63) is 78.2 Å². The molecule has 3 aromatic rings. The first-order valence-electron chi connectivity index (χ1n) is 14.2. The fraction of sp³-hybridized carbons (Fsp3) is 0.469. The third-order valence-electron chi connectivity index (χ3n) is 7.52. The Morgan fingerprint density at radius 3 is 2.36 bits per heavy atom. The minimum atomic E-state index is -0.354. The Morgan fingerprint density at radius 2 is 1.74 bits per heavy atom. The van der Waals surface area contributed by atoms with Crippen molar-refractivity contribution in [2.24, 2.45) is 11.1 Å². The van der Waals surface area contributed by atoms with Crippen molar-refractivity contribution in [3.63, 3.8) is 0 Å². The van der Waals surface area contributed by atoms with Crippen molar-refractivity contribution in [1.29, 1.82) is 0 Å². The zero-order chi connectivity index (χ0) is 28.0. The number of imidazole rings is 1. The fourth-order valence-corrected chi connectivity index (χ4v) is 5.63. The van der Waals surface area contributed by atoms with Gasteiger partial charge in [-0.15, -0.1) is 0 Å². The number of aromatic nitrogens is 2. The number of amides is 2. The largest absolute Gasteiger partial charge is 0.330 e. The van der Waals surface area contributed by atoms with Crippen LogP contribution in [0.4, 0.5) is 4.79 Å². The lowest BCUT2D eigenvalue weighted by molar-refractivity contribution is -0.122. The fourth-order valence-electron chi connectivity index (χ4n) is 5.63. The number of hydrogen-bond acceptors (Lipinski definition) is 4. The van der Waals surface area contributed by atoms with E-state index in [1.165, 1.54) is 0 Å². The van der Waals surface area contributed by atoms with Gasteiger partial charge in [-0.3, -0.25) is 4.79 Å². The van der Waals surface area contributed by atoms with Gasteiger partial charge >= 0.3 is 6.03 Å². The van der Waals surface area contributed by atoms with Crippen LogP contribution in [0.2, 0.25) is 0 Å². The number of nitrogens with two attached hydrogens (primary N) is 1. The van der Waals surface area contributed by atoms with Gasteiger partial charge in [0.05, 0.1) is 17.8 Å². The molecule has 0 saturated carbocycles. The average molecular weight is 530 g/mol. The molecular weight excluding hydrogens is 486 g/mol. The molecule has 39 heavy (non-hydrogen) atoms. The molecular formula is C32H43N5O2. The number of likely N-dealkylation sites (tertiary alicyclic amines) is 1. The van der Waals surface area contributed by atoms with Crippen molar-refractivity contribution in [3.8, 4) is 11.3 Å². The number of benzene rings is 2. The molecule has 1 aliphatic rings. The van der Waals surface area contributed by atoms with Crippen LogP contribution in [-0.2, 0) is 11.3 Å². The van der Waals surface area contributed by atoms with Gasteiger partial charge < -0.3 is 20.1 Å². The van der Waals surface area contributed by atoms with Crippen LogP contribution in [-0.4, -0.2) is 56.8 Å². The van der Waals surface area contributed by atoms with Crippen LogP contribution in [0.25, 0.3) is 11.3 Å². The van der Waals surface area contributed by atoms with E-state index >= 15 is 0 Å². The summed E-state index contributed by atoms with van der Waals surface area (Å²) in [5, 5.41) is 0. The van der Waals surface area contributed by atoms with Gasteiger partial charge in [-0.05, 0) is 36.8 Å².